The van der Waals surface area contributed by atoms with Crippen molar-refractivity contribution in [3.05, 3.63) is 36.7 Å². The highest BCUT2D eigenvalue weighted by Crippen LogP contribution is 2.27. The zero-order valence-corrected chi connectivity index (χ0v) is 10.8. The number of fused-ring (bicyclic) bond motifs is 1. The van der Waals surface area contributed by atoms with E-state index in [4.69, 9.17) is 0 Å². The Hall–Kier alpha value is -2.63. The first-order valence-corrected chi connectivity index (χ1v) is 5.97. The van der Waals surface area contributed by atoms with Crippen molar-refractivity contribution in [3.63, 3.8) is 0 Å². The molecule has 0 amide bonds. The van der Waals surface area contributed by atoms with Crippen molar-refractivity contribution in [3.8, 4) is 0 Å². The molecule has 0 saturated carbocycles. The molecule has 2 aromatic heterocycles. The highest BCUT2D eigenvalue weighted by Gasteiger charge is 2.14. The highest BCUT2D eigenvalue weighted by atomic mass is 15.2. The number of imidazole rings is 1. The second kappa shape index (κ2) is 4.56. The number of para-hydroxylation sites is 1. The van der Waals surface area contributed by atoms with Gasteiger partial charge in [0.1, 0.15) is 5.52 Å². The van der Waals surface area contributed by atoms with E-state index < -0.39 is 0 Å². The van der Waals surface area contributed by atoms with Crippen molar-refractivity contribution in [2.75, 3.05) is 24.3 Å². The molecule has 0 aliphatic rings. The molecule has 0 unspecified atom stereocenters. The molecule has 0 atom stereocenters. The molecule has 2 heterocycles. The minimum atomic E-state index is 0.553. The number of benzene rings is 1. The summed E-state index contributed by atoms with van der Waals surface area (Å²) in [4.78, 5) is 18.1. The summed E-state index contributed by atoms with van der Waals surface area (Å²) < 4.78 is 0. The van der Waals surface area contributed by atoms with Crippen molar-refractivity contribution >= 4 is 28.6 Å². The van der Waals surface area contributed by atoms with Gasteiger partial charge in [0.15, 0.2) is 11.5 Å². The Labute approximate surface area is 110 Å². The Morgan fingerprint density at radius 1 is 1.16 bits per heavy atom. The average molecular weight is 254 g/mol. The van der Waals surface area contributed by atoms with Crippen molar-refractivity contribution in [2.24, 2.45) is 0 Å². The number of aromatic amines is 1. The molecule has 0 bridgehead atoms. The molecule has 3 aromatic rings. The van der Waals surface area contributed by atoms with Crippen molar-refractivity contribution in [1.29, 1.82) is 0 Å². The summed E-state index contributed by atoms with van der Waals surface area (Å²) >= 11 is 0. The third-order valence-electron chi connectivity index (χ3n) is 2.95. The van der Waals surface area contributed by atoms with E-state index in [1.807, 2.05) is 42.3 Å². The van der Waals surface area contributed by atoms with Gasteiger partial charge in [0.2, 0.25) is 5.95 Å². The minimum Gasteiger partial charge on any atom is -0.357 e. The molecule has 0 spiro atoms. The van der Waals surface area contributed by atoms with Gasteiger partial charge in [-0.3, -0.25) is 0 Å². The van der Waals surface area contributed by atoms with Crippen LogP contribution in [0.5, 0.6) is 0 Å². The Bertz CT molecular complexity index is 691. The molecule has 0 radical (unpaired) electrons. The Morgan fingerprint density at radius 2 is 1.95 bits per heavy atom. The standard InChI is InChI=1S/C13H14N6/c1-14-13-17-11-10(15-8-16-11)12(18-13)19(2)9-6-4-3-5-7-9/h3-8H,1-2H3,(H2,14,15,16,17,18). The topological polar surface area (TPSA) is 69.7 Å². The van der Waals surface area contributed by atoms with E-state index in [9.17, 15) is 0 Å². The lowest BCUT2D eigenvalue weighted by molar-refractivity contribution is 1.10. The summed E-state index contributed by atoms with van der Waals surface area (Å²) in [5, 5.41) is 2.95. The van der Waals surface area contributed by atoms with Crippen LogP contribution in [-0.4, -0.2) is 34.0 Å². The maximum Gasteiger partial charge on any atom is 0.226 e. The number of nitrogens with one attached hydrogen (secondary N) is 2. The zero-order chi connectivity index (χ0) is 13.2. The second-order valence-electron chi connectivity index (χ2n) is 4.12. The second-order valence-corrected chi connectivity index (χ2v) is 4.12. The summed E-state index contributed by atoms with van der Waals surface area (Å²) in [6.07, 6.45) is 1.63. The normalized spacial score (nSPS) is 10.6. The van der Waals surface area contributed by atoms with Gasteiger partial charge in [-0.2, -0.15) is 9.97 Å². The first-order valence-electron chi connectivity index (χ1n) is 5.97. The molecule has 0 fully saturated rings. The van der Waals surface area contributed by atoms with Crippen LogP contribution < -0.4 is 10.2 Å². The van der Waals surface area contributed by atoms with Crippen LogP contribution in [0.2, 0.25) is 0 Å². The summed E-state index contributed by atoms with van der Waals surface area (Å²) in [5.74, 6) is 1.34. The van der Waals surface area contributed by atoms with Gasteiger partial charge < -0.3 is 15.2 Å². The maximum absolute atomic E-state index is 4.50. The fourth-order valence-electron chi connectivity index (χ4n) is 1.95. The maximum atomic E-state index is 4.50. The van der Waals surface area contributed by atoms with Crippen LogP contribution in [-0.2, 0) is 0 Å². The van der Waals surface area contributed by atoms with Gasteiger partial charge in [-0.1, -0.05) is 18.2 Å². The van der Waals surface area contributed by atoms with E-state index in [0.717, 1.165) is 17.0 Å². The van der Waals surface area contributed by atoms with Gasteiger partial charge >= 0.3 is 0 Å². The predicted molar refractivity (Wildman–Crippen MR) is 75.7 cm³/mol. The molecule has 0 aliphatic heterocycles. The summed E-state index contributed by atoms with van der Waals surface area (Å²) in [7, 11) is 3.76. The van der Waals surface area contributed by atoms with Gasteiger partial charge in [0.25, 0.3) is 0 Å². The minimum absolute atomic E-state index is 0.553. The van der Waals surface area contributed by atoms with Crippen LogP contribution in [0.1, 0.15) is 0 Å². The monoisotopic (exact) mass is 254 g/mol. The number of H-pyrrole nitrogens is 1. The molecular formula is C13H14N6. The zero-order valence-electron chi connectivity index (χ0n) is 10.8. The van der Waals surface area contributed by atoms with E-state index >= 15 is 0 Å². The molecule has 19 heavy (non-hydrogen) atoms. The lowest BCUT2D eigenvalue weighted by Crippen LogP contribution is -2.13. The van der Waals surface area contributed by atoms with Gasteiger partial charge in [-0.25, -0.2) is 4.98 Å². The number of rotatable bonds is 3. The Kier molecular flexibility index (Phi) is 2.75. The van der Waals surface area contributed by atoms with Gasteiger partial charge in [0, 0.05) is 19.8 Å². The molecule has 6 heteroatoms. The first kappa shape index (κ1) is 11.5. The van der Waals surface area contributed by atoms with Gasteiger partial charge in [0.05, 0.1) is 6.33 Å². The van der Waals surface area contributed by atoms with E-state index in [2.05, 4.69) is 25.3 Å². The van der Waals surface area contributed by atoms with Gasteiger partial charge in [-0.05, 0) is 12.1 Å². The summed E-state index contributed by atoms with van der Waals surface area (Å²) in [6.45, 7) is 0. The van der Waals surface area contributed by atoms with E-state index in [1.165, 1.54) is 0 Å². The van der Waals surface area contributed by atoms with Crippen LogP contribution in [0.3, 0.4) is 0 Å². The molecular weight excluding hydrogens is 240 g/mol. The van der Waals surface area contributed by atoms with Crippen LogP contribution in [0.25, 0.3) is 11.2 Å². The van der Waals surface area contributed by atoms with Crippen molar-refractivity contribution < 1.29 is 0 Å². The molecule has 6 nitrogen and oxygen atoms in total. The lowest BCUT2D eigenvalue weighted by Gasteiger charge is -2.19. The molecule has 3 rings (SSSR count). The average Bonchev–Trinajstić information content (AvgIpc) is 2.94. The fraction of sp³-hybridized carbons (Fsp3) is 0.154. The van der Waals surface area contributed by atoms with Crippen LogP contribution in [0, 0.1) is 0 Å². The van der Waals surface area contributed by atoms with Gasteiger partial charge in [-0.15, -0.1) is 0 Å². The molecule has 0 saturated heterocycles. The predicted octanol–water partition coefficient (Wildman–Crippen LogP) is 2.16. The molecule has 1 aromatic carbocycles. The third-order valence-corrected chi connectivity index (χ3v) is 2.95. The van der Waals surface area contributed by atoms with E-state index in [-0.39, 0.29) is 0 Å². The van der Waals surface area contributed by atoms with E-state index in [0.29, 0.717) is 11.6 Å². The fourth-order valence-corrected chi connectivity index (χ4v) is 1.95. The Morgan fingerprint density at radius 3 is 2.68 bits per heavy atom. The largest absolute Gasteiger partial charge is 0.357 e. The van der Waals surface area contributed by atoms with Crippen molar-refractivity contribution in [1.82, 2.24) is 19.9 Å². The van der Waals surface area contributed by atoms with Crippen molar-refractivity contribution in [2.45, 2.75) is 0 Å². The molecule has 96 valence electrons. The molecule has 2 N–H and O–H groups in total. The number of hydrogen-bond donors (Lipinski definition) is 2. The SMILES string of the molecule is CNc1nc(N(C)c2ccccc2)c2[nH]cnc2n1. The number of anilines is 3. The van der Waals surface area contributed by atoms with E-state index in [1.54, 1.807) is 13.4 Å². The first-order chi connectivity index (χ1) is 9.29. The Balaban J connectivity index is 2.16. The number of nitrogens with zero attached hydrogens (tertiary/aromatic N) is 4. The molecule has 0 aliphatic carbocycles. The summed E-state index contributed by atoms with van der Waals surface area (Å²) in [6, 6.07) is 10.0. The van der Waals surface area contributed by atoms with Crippen LogP contribution >= 0.6 is 0 Å². The number of hydrogen-bond acceptors (Lipinski definition) is 5. The van der Waals surface area contributed by atoms with Crippen LogP contribution in [0.4, 0.5) is 17.5 Å². The lowest BCUT2D eigenvalue weighted by atomic mass is 10.3. The highest BCUT2D eigenvalue weighted by molar-refractivity contribution is 5.86. The quantitative estimate of drug-likeness (QED) is 0.749. The smallest absolute Gasteiger partial charge is 0.226 e. The third kappa shape index (κ3) is 1.97. The summed E-state index contributed by atoms with van der Waals surface area (Å²) in [5.41, 5.74) is 2.53. The van der Waals surface area contributed by atoms with Crippen LogP contribution in [0.15, 0.2) is 36.7 Å². The number of aromatic nitrogens is 4.